The maximum Gasteiger partial charge on any atom is 0.142 e. The molecule has 0 spiro atoms. The highest BCUT2D eigenvalue weighted by Crippen LogP contribution is 2.27. The van der Waals surface area contributed by atoms with Gasteiger partial charge in [-0.15, -0.1) is 0 Å². The molecular weight excluding hydrogens is 201 g/mol. The molecule has 0 unspecified atom stereocenters. The third-order valence-corrected chi connectivity index (χ3v) is 2.67. The van der Waals surface area contributed by atoms with Gasteiger partial charge in [0, 0.05) is 6.04 Å². The molecule has 2 rings (SSSR count). The molecule has 3 heteroatoms. The molecule has 0 aliphatic heterocycles. The van der Waals surface area contributed by atoms with Crippen molar-refractivity contribution in [2.45, 2.75) is 18.9 Å². The summed E-state index contributed by atoms with van der Waals surface area (Å²) in [5.41, 5.74) is 7.77. The zero-order valence-electron chi connectivity index (χ0n) is 7.63. The molecule has 1 aliphatic rings. The first-order chi connectivity index (χ1) is 6.65. The van der Waals surface area contributed by atoms with E-state index in [1.807, 2.05) is 12.1 Å². The van der Waals surface area contributed by atoms with Gasteiger partial charge in [-0.3, -0.25) is 0 Å². The number of halogens is 2. The Balaban J connectivity index is 2.18. The summed E-state index contributed by atoms with van der Waals surface area (Å²) >= 11 is 5.57. The van der Waals surface area contributed by atoms with E-state index in [4.69, 9.17) is 17.3 Å². The van der Waals surface area contributed by atoms with Crippen molar-refractivity contribution in [3.05, 3.63) is 40.2 Å². The average Bonchev–Trinajstić information content (AvgIpc) is 2.09. The van der Waals surface area contributed by atoms with E-state index in [1.54, 1.807) is 6.07 Å². The van der Waals surface area contributed by atoms with Crippen LogP contribution < -0.4 is 5.73 Å². The summed E-state index contributed by atoms with van der Waals surface area (Å²) in [5.74, 6) is -0.371. The third-order valence-electron chi connectivity index (χ3n) is 2.36. The van der Waals surface area contributed by atoms with Crippen LogP contribution in [0.2, 0.25) is 5.02 Å². The average molecular weight is 212 g/mol. The molecule has 0 amide bonds. The number of nitrogens with two attached hydrogens (primary N) is 1. The summed E-state index contributed by atoms with van der Waals surface area (Å²) in [7, 11) is 0. The molecule has 0 atom stereocenters. The maximum atomic E-state index is 13.0. The van der Waals surface area contributed by atoms with Gasteiger partial charge in [-0.1, -0.05) is 29.3 Å². The van der Waals surface area contributed by atoms with E-state index < -0.39 is 0 Å². The van der Waals surface area contributed by atoms with E-state index in [9.17, 15) is 4.39 Å². The molecule has 0 radical (unpaired) electrons. The van der Waals surface area contributed by atoms with Gasteiger partial charge >= 0.3 is 0 Å². The van der Waals surface area contributed by atoms with Gasteiger partial charge in [0.05, 0.1) is 5.02 Å². The SMILES string of the molecule is NC1CC(=Cc2ccc(Cl)c(F)c2)C1. The zero-order chi connectivity index (χ0) is 10.1. The lowest BCUT2D eigenvalue weighted by atomic mass is 9.86. The molecule has 1 aliphatic carbocycles. The van der Waals surface area contributed by atoms with Crippen LogP contribution in [0.25, 0.3) is 6.08 Å². The molecule has 1 nitrogen and oxygen atoms in total. The first-order valence-electron chi connectivity index (χ1n) is 4.55. The van der Waals surface area contributed by atoms with Crippen LogP contribution in [0.15, 0.2) is 23.8 Å². The van der Waals surface area contributed by atoms with Crippen LogP contribution in [0.1, 0.15) is 18.4 Å². The van der Waals surface area contributed by atoms with Crippen molar-refractivity contribution in [3.8, 4) is 0 Å². The molecule has 14 heavy (non-hydrogen) atoms. The fourth-order valence-corrected chi connectivity index (χ4v) is 1.69. The van der Waals surface area contributed by atoms with E-state index in [2.05, 4.69) is 0 Å². The van der Waals surface area contributed by atoms with Gasteiger partial charge in [0.15, 0.2) is 0 Å². The summed E-state index contributed by atoms with van der Waals surface area (Å²) < 4.78 is 13.0. The molecule has 74 valence electrons. The maximum absolute atomic E-state index is 13.0. The lowest BCUT2D eigenvalue weighted by molar-refractivity contribution is 0.547. The number of hydrogen-bond acceptors (Lipinski definition) is 1. The Bertz CT molecular complexity index is 379. The Morgan fingerprint density at radius 1 is 1.43 bits per heavy atom. The summed E-state index contributed by atoms with van der Waals surface area (Å²) in [6.45, 7) is 0. The van der Waals surface area contributed by atoms with E-state index in [-0.39, 0.29) is 10.8 Å². The van der Waals surface area contributed by atoms with Gasteiger partial charge in [0.2, 0.25) is 0 Å². The minimum absolute atomic E-state index is 0.164. The largest absolute Gasteiger partial charge is 0.327 e. The fourth-order valence-electron chi connectivity index (χ4n) is 1.57. The van der Waals surface area contributed by atoms with Crippen molar-refractivity contribution in [3.63, 3.8) is 0 Å². The molecule has 1 aromatic rings. The summed E-state index contributed by atoms with van der Waals surface area (Å²) in [5, 5.41) is 0.164. The van der Waals surface area contributed by atoms with Gasteiger partial charge in [0.25, 0.3) is 0 Å². The first-order valence-corrected chi connectivity index (χ1v) is 4.93. The molecule has 1 fully saturated rings. The van der Waals surface area contributed by atoms with Gasteiger partial charge < -0.3 is 5.73 Å². The van der Waals surface area contributed by atoms with Crippen molar-refractivity contribution >= 4 is 17.7 Å². The highest BCUT2D eigenvalue weighted by Gasteiger charge is 2.18. The quantitative estimate of drug-likeness (QED) is 0.760. The summed E-state index contributed by atoms with van der Waals surface area (Å²) in [6.07, 6.45) is 3.82. The van der Waals surface area contributed by atoms with Crippen LogP contribution in [0.3, 0.4) is 0 Å². The molecule has 0 aromatic heterocycles. The van der Waals surface area contributed by atoms with Crippen LogP contribution in [-0.2, 0) is 0 Å². The fraction of sp³-hybridized carbons (Fsp3) is 0.273. The van der Waals surface area contributed by atoms with Gasteiger partial charge in [-0.2, -0.15) is 0 Å². The predicted octanol–water partition coefficient (Wildman–Crippen LogP) is 2.98. The Labute approximate surface area is 87.4 Å². The van der Waals surface area contributed by atoms with Gasteiger partial charge in [0.1, 0.15) is 5.82 Å². The van der Waals surface area contributed by atoms with E-state index in [1.165, 1.54) is 11.6 Å². The van der Waals surface area contributed by atoms with E-state index >= 15 is 0 Å². The Hall–Kier alpha value is -0.860. The van der Waals surface area contributed by atoms with Crippen molar-refractivity contribution in [1.29, 1.82) is 0 Å². The number of rotatable bonds is 1. The van der Waals surface area contributed by atoms with Crippen molar-refractivity contribution in [2.75, 3.05) is 0 Å². The summed E-state index contributed by atoms with van der Waals surface area (Å²) in [6, 6.07) is 5.11. The normalized spacial score (nSPS) is 20.5. The van der Waals surface area contributed by atoms with Crippen molar-refractivity contribution in [1.82, 2.24) is 0 Å². The second-order valence-corrected chi connectivity index (χ2v) is 4.05. The molecule has 0 heterocycles. The smallest absolute Gasteiger partial charge is 0.142 e. The monoisotopic (exact) mass is 211 g/mol. The Kier molecular flexibility index (Phi) is 2.57. The van der Waals surface area contributed by atoms with E-state index in [0.29, 0.717) is 6.04 Å². The molecule has 0 saturated heterocycles. The number of benzene rings is 1. The minimum Gasteiger partial charge on any atom is -0.327 e. The van der Waals surface area contributed by atoms with Gasteiger partial charge in [-0.25, -0.2) is 4.39 Å². The minimum atomic E-state index is -0.371. The third kappa shape index (κ3) is 1.97. The molecular formula is C11H11ClFN. The highest BCUT2D eigenvalue weighted by molar-refractivity contribution is 6.30. The molecule has 2 N–H and O–H groups in total. The predicted molar refractivity (Wildman–Crippen MR) is 56.6 cm³/mol. The first kappa shape index (κ1) is 9.69. The second kappa shape index (κ2) is 3.71. The second-order valence-electron chi connectivity index (χ2n) is 3.64. The van der Waals surface area contributed by atoms with Gasteiger partial charge in [-0.05, 0) is 30.5 Å². The standard InChI is InChI=1S/C11H11ClFN/c12-10-2-1-7(6-11(10)13)3-8-4-9(14)5-8/h1-3,6,9H,4-5,14H2. The Morgan fingerprint density at radius 3 is 2.71 bits per heavy atom. The van der Waals surface area contributed by atoms with Crippen molar-refractivity contribution < 1.29 is 4.39 Å². The Morgan fingerprint density at radius 2 is 2.14 bits per heavy atom. The lowest BCUT2D eigenvalue weighted by Gasteiger charge is -2.25. The van der Waals surface area contributed by atoms with E-state index in [0.717, 1.165) is 18.4 Å². The number of hydrogen-bond donors (Lipinski definition) is 1. The molecule has 1 aromatic carbocycles. The van der Waals surface area contributed by atoms with Crippen molar-refractivity contribution in [2.24, 2.45) is 5.73 Å². The lowest BCUT2D eigenvalue weighted by Crippen LogP contribution is -2.29. The molecule has 1 saturated carbocycles. The topological polar surface area (TPSA) is 26.0 Å². The zero-order valence-corrected chi connectivity index (χ0v) is 8.39. The van der Waals surface area contributed by atoms with Crippen LogP contribution >= 0.6 is 11.6 Å². The molecule has 0 bridgehead atoms. The highest BCUT2D eigenvalue weighted by atomic mass is 35.5. The van der Waals surface area contributed by atoms with Crippen LogP contribution in [0, 0.1) is 5.82 Å². The summed E-state index contributed by atoms with van der Waals surface area (Å²) in [4.78, 5) is 0. The van der Waals surface area contributed by atoms with Crippen LogP contribution in [-0.4, -0.2) is 6.04 Å². The van der Waals surface area contributed by atoms with Crippen LogP contribution in [0.5, 0.6) is 0 Å². The van der Waals surface area contributed by atoms with Crippen LogP contribution in [0.4, 0.5) is 4.39 Å².